The van der Waals surface area contributed by atoms with Crippen LogP contribution in [0.1, 0.15) is 27.2 Å². The molecule has 1 unspecified atom stereocenters. The maximum absolute atomic E-state index is 9.57. The molecule has 3 nitrogen and oxygen atoms in total. The number of aliphatic hydroxyl groups is 1. The van der Waals surface area contributed by atoms with E-state index in [4.69, 9.17) is 0 Å². The van der Waals surface area contributed by atoms with Gasteiger partial charge >= 0.3 is 0 Å². The zero-order valence-corrected chi connectivity index (χ0v) is 9.01. The Kier molecular flexibility index (Phi) is 3.71. The minimum Gasteiger partial charge on any atom is -0.390 e. The molecule has 0 aromatic rings. The van der Waals surface area contributed by atoms with Crippen LogP contribution in [0.2, 0.25) is 0 Å². The number of hydrogen-bond donors (Lipinski definition) is 2. The smallest absolute Gasteiger partial charge is 0.0603 e. The van der Waals surface area contributed by atoms with Crippen LogP contribution >= 0.6 is 0 Å². The van der Waals surface area contributed by atoms with Gasteiger partial charge in [0, 0.05) is 32.2 Å². The second-order valence-electron chi connectivity index (χ2n) is 4.72. The molecule has 13 heavy (non-hydrogen) atoms. The van der Waals surface area contributed by atoms with E-state index in [0.717, 1.165) is 32.6 Å². The summed E-state index contributed by atoms with van der Waals surface area (Å²) in [5.41, 5.74) is -0.520. The van der Waals surface area contributed by atoms with Crippen LogP contribution in [0.4, 0.5) is 0 Å². The largest absolute Gasteiger partial charge is 0.390 e. The Hall–Kier alpha value is -0.120. The molecule has 0 radical (unpaired) electrons. The molecule has 1 fully saturated rings. The number of nitrogens with one attached hydrogen (secondary N) is 1. The first-order chi connectivity index (χ1) is 5.97. The molecule has 2 N–H and O–H groups in total. The number of nitrogens with zero attached hydrogens (tertiary/aromatic N) is 1. The summed E-state index contributed by atoms with van der Waals surface area (Å²) in [5.74, 6) is 0. The second kappa shape index (κ2) is 4.40. The van der Waals surface area contributed by atoms with E-state index in [2.05, 4.69) is 17.1 Å². The summed E-state index contributed by atoms with van der Waals surface area (Å²) in [6.07, 6.45) is 0.861. The van der Waals surface area contributed by atoms with Crippen LogP contribution in [0.25, 0.3) is 0 Å². The topological polar surface area (TPSA) is 35.5 Å². The summed E-state index contributed by atoms with van der Waals surface area (Å²) in [6.45, 7) is 10.3. The fourth-order valence-electron chi connectivity index (χ4n) is 1.65. The summed E-state index contributed by atoms with van der Waals surface area (Å²) in [6, 6.07) is 0.593. The van der Waals surface area contributed by atoms with Crippen LogP contribution in [-0.2, 0) is 0 Å². The van der Waals surface area contributed by atoms with Crippen molar-refractivity contribution in [3.8, 4) is 0 Å². The molecule has 1 saturated heterocycles. The summed E-state index contributed by atoms with van der Waals surface area (Å²) in [4.78, 5) is 2.42. The highest BCUT2D eigenvalue weighted by Crippen LogP contribution is 2.09. The van der Waals surface area contributed by atoms with Crippen LogP contribution in [-0.4, -0.2) is 47.8 Å². The first-order valence-corrected chi connectivity index (χ1v) is 5.15. The van der Waals surface area contributed by atoms with Gasteiger partial charge in [0.1, 0.15) is 0 Å². The Bertz CT molecular complexity index is 153. The van der Waals surface area contributed by atoms with Crippen molar-refractivity contribution in [2.75, 3.05) is 26.2 Å². The quantitative estimate of drug-likeness (QED) is 0.671. The first kappa shape index (κ1) is 11.0. The van der Waals surface area contributed by atoms with Gasteiger partial charge in [0.15, 0.2) is 0 Å². The van der Waals surface area contributed by atoms with Gasteiger partial charge < -0.3 is 15.3 Å². The molecule has 78 valence electrons. The first-order valence-electron chi connectivity index (χ1n) is 5.15. The highest BCUT2D eigenvalue weighted by atomic mass is 16.3. The van der Waals surface area contributed by atoms with Crippen molar-refractivity contribution in [1.29, 1.82) is 0 Å². The molecule has 0 aromatic carbocycles. The zero-order chi connectivity index (χ0) is 9.90. The van der Waals surface area contributed by atoms with E-state index in [0.29, 0.717) is 6.04 Å². The van der Waals surface area contributed by atoms with Gasteiger partial charge in [0.2, 0.25) is 0 Å². The molecule has 1 heterocycles. The molecule has 0 amide bonds. The normalized spacial score (nSPS) is 26.3. The molecule has 1 aliphatic heterocycles. The van der Waals surface area contributed by atoms with Crippen LogP contribution < -0.4 is 5.32 Å². The van der Waals surface area contributed by atoms with Crippen molar-refractivity contribution in [2.45, 2.75) is 38.8 Å². The summed E-state index contributed by atoms with van der Waals surface area (Å²) in [5, 5.41) is 13.0. The standard InChI is InChI=1S/C10H22N2O/c1-9-8-12(7-5-11-9)6-4-10(2,3)13/h9,11,13H,4-8H2,1-3H3. The summed E-state index contributed by atoms with van der Waals surface area (Å²) < 4.78 is 0. The van der Waals surface area contributed by atoms with Crippen molar-refractivity contribution in [3.63, 3.8) is 0 Å². The van der Waals surface area contributed by atoms with Gasteiger partial charge in [-0.1, -0.05) is 0 Å². The fourth-order valence-corrected chi connectivity index (χ4v) is 1.65. The van der Waals surface area contributed by atoms with Crippen LogP contribution in [0.3, 0.4) is 0 Å². The zero-order valence-electron chi connectivity index (χ0n) is 9.01. The average Bonchev–Trinajstić information content (AvgIpc) is 2.00. The van der Waals surface area contributed by atoms with Crippen molar-refractivity contribution >= 4 is 0 Å². The third kappa shape index (κ3) is 4.60. The third-order valence-corrected chi connectivity index (χ3v) is 2.49. The van der Waals surface area contributed by atoms with Gasteiger partial charge in [-0.15, -0.1) is 0 Å². The summed E-state index contributed by atoms with van der Waals surface area (Å²) in [7, 11) is 0. The fraction of sp³-hybridized carbons (Fsp3) is 1.00. The van der Waals surface area contributed by atoms with Gasteiger partial charge in [-0.25, -0.2) is 0 Å². The molecule has 1 atom stereocenters. The Morgan fingerprint density at radius 3 is 2.77 bits per heavy atom. The van der Waals surface area contributed by atoms with Crippen molar-refractivity contribution in [3.05, 3.63) is 0 Å². The number of piperazine rings is 1. The van der Waals surface area contributed by atoms with E-state index in [-0.39, 0.29) is 0 Å². The van der Waals surface area contributed by atoms with E-state index < -0.39 is 5.60 Å². The number of hydrogen-bond acceptors (Lipinski definition) is 3. The second-order valence-corrected chi connectivity index (χ2v) is 4.72. The van der Waals surface area contributed by atoms with Gasteiger partial charge in [0.05, 0.1) is 5.60 Å². The summed E-state index contributed by atoms with van der Waals surface area (Å²) >= 11 is 0. The number of rotatable bonds is 3. The molecule has 1 aliphatic rings. The van der Waals surface area contributed by atoms with E-state index in [1.807, 2.05) is 13.8 Å². The molecule has 0 bridgehead atoms. The maximum Gasteiger partial charge on any atom is 0.0603 e. The molecule has 0 saturated carbocycles. The van der Waals surface area contributed by atoms with Gasteiger partial charge in [-0.3, -0.25) is 0 Å². The lowest BCUT2D eigenvalue weighted by molar-refractivity contribution is 0.0537. The minimum absolute atomic E-state index is 0.520. The Labute approximate surface area is 81.1 Å². The van der Waals surface area contributed by atoms with E-state index in [1.54, 1.807) is 0 Å². The lowest BCUT2D eigenvalue weighted by atomic mass is 10.1. The monoisotopic (exact) mass is 186 g/mol. The third-order valence-electron chi connectivity index (χ3n) is 2.49. The van der Waals surface area contributed by atoms with Crippen LogP contribution in [0.15, 0.2) is 0 Å². The molecule has 3 heteroatoms. The van der Waals surface area contributed by atoms with Gasteiger partial charge in [-0.05, 0) is 27.2 Å². The lowest BCUT2D eigenvalue weighted by Gasteiger charge is -2.33. The SMILES string of the molecule is CC1CN(CCC(C)(C)O)CCN1. The molecular weight excluding hydrogens is 164 g/mol. The Balaban J connectivity index is 2.21. The van der Waals surface area contributed by atoms with Crippen molar-refractivity contribution in [1.82, 2.24) is 10.2 Å². The van der Waals surface area contributed by atoms with Crippen LogP contribution in [0.5, 0.6) is 0 Å². The van der Waals surface area contributed by atoms with Crippen molar-refractivity contribution in [2.24, 2.45) is 0 Å². The maximum atomic E-state index is 9.57. The van der Waals surface area contributed by atoms with E-state index in [1.165, 1.54) is 0 Å². The lowest BCUT2D eigenvalue weighted by Crippen LogP contribution is -2.50. The van der Waals surface area contributed by atoms with Gasteiger partial charge in [0.25, 0.3) is 0 Å². The molecule has 0 spiro atoms. The Morgan fingerprint density at radius 1 is 1.54 bits per heavy atom. The van der Waals surface area contributed by atoms with E-state index in [9.17, 15) is 5.11 Å². The predicted octanol–water partition coefficient (Wildman–Crippen LogP) is 0.441. The average molecular weight is 186 g/mol. The molecule has 1 rings (SSSR count). The highest BCUT2D eigenvalue weighted by Gasteiger charge is 2.18. The van der Waals surface area contributed by atoms with E-state index >= 15 is 0 Å². The molecular formula is C10H22N2O. The predicted molar refractivity (Wildman–Crippen MR) is 54.8 cm³/mol. The van der Waals surface area contributed by atoms with Gasteiger partial charge in [-0.2, -0.15) is 0 Å². The van der Waals surface area contributed by atoms with Crippen molar-refractivity contribution < 1.29 is 5.11 Å². The van der Waals surface area contributed by atoms with Crippen LogP contribution in [0, 0.1) is 0 Å². The Morgan fingerprint density at radius 2 is 2.23 bits per heavy atom. The highest BCUT2D eigenvalue weighted by molar-refractivity contribution is 4.77. The minimum atomic E-state index is -0.520. The molecule has 0 aliphatic carbocycles. The molecule has 0 aromatic heterocycles.